The molecule has 62 valence electrons. The topological polar surface area (TPSA) is 29.5 Å². The fourth-order valence-corrected chi connectivity index (χ4v) is 2.13. The summed E-state index contributed by atoms with van der Waals surface area (Å²) >= 11 is 0. The highest BCUT2D eigenvalue weighted by Gasteiger charge is 2.35. The van der Waals surface area contributed by atoms with E-state index in [4.69, 9.17) is 9.84 Å². The van der Waals surface area contributed by atoms with Gasteiger partial charge in [0, 0.05) is 5.92 Å². The van der Waals surface area contributed by atoms with Gasteiger partial charge in [0.25, 0.3) is 0 Å². The minimum Gasteiger partial charge on any atom is -0.394 e. The van der Waals surface area contributed by atoms with Crippen LogP contribution in [0.25, 0.3) is 0 Å². The Labute approximate surface area is 66.9 Å². The van der Waals surface area contributed by atoms with Gasteiger partial charge in [0.15, 0.2) is 0 Å². The van der Waals surface area contributed by atoms with Gasteiger partial charge in [0.1, 0.15) is 0 Å². The normalized spacial score (nSPS) is 40.3. The van der Waals surface area contributed by atoms with E-state index in [1.165, 1.54) is 12.8 Å². The molecular formula is C9H14O2. The molecular weight excluding hydrogens is 140 g/mol. The first-order valence-electron chi connectivity index (χ1n) is 4.31. The van der Waals surface area contributed by atoms with Crippen molar-refractivity contribution in [2.45, 2.75) is 18.9 Å². The molecule has 2 aliphatic rings. The lowest BCUT2D eigenvalue weighted by Crippen LogP contribution is -2.19. The van der Waals surface area contributed by atoms with E-state index in [0.29, 0.717) is 18.6 Å². The first-order valence-corrected chi connectivity index (χ1v) is 4.31. The van der Waals surface area contributed by atoms with Crippen molar-refractivity contribution in [2.24, 2.45) is 11.8 Å². The summed E-state index contributed by atoms with van der Waals surface area (Å²) in [5, 5.41) is 8.55. The average molecular weight is 154 g/mol. The number of aliphatic hydroxyl groups is 1. The van der Waals surface area contributed by atoms with Crippen LogP contribution in [0.3, 0.4) is 0 Å². The number of ether oxygens (including phenoxy) is 1. The largest absolute Gasteiger partial charge is 0.394 e. The Morgan fingerprint density at radius 3 is 2.82 bits per heavy atom. The van der Waals surface area contributed by atoms with Crippen molar-refractivity contribution in [3.05, 3.63) is 12.2 Å². The van der Waals surface area contributed by atoms with Crippen molar-refractivity contribution in [1.82, 2.24) is 0 Å². The van der Waals surface area contributed by atoms with E-state index in [0.717, 1.165) is 5.92 Å². The molecule has 2 nitrogen and oxygen atoms in total. The van der Waals surface area contributed by atoms with E-state index in [2.05, 4.69) is 12.2 Å². The lowest BCUT2D eigenvalue weighted by molar-refractivity contribution is 0.0152. The molecule has 0 aromatic carbocycles. The number of rotatable bonds is 3. The third-order valence-electron chi connectivity index (χ3n) is 2.64. The highest BCUT2D eigenvalue weighted by atomic mass is 16.5. The molecule has 1 N–H and O–H groups in total. The van der Waals surface area contributed by atoms with Crippen molar-refractivity contribution in [1.29, 1.82) is 0 Å². The second-order valence-corrected chi connectivity index (χ2v) is 3.41. The minimum absolute atomic E-state index is 0.150. The third-order valence-corrected chi connectivity index (χ3v) is 2.64. The number of hydrogen-bond acceptors (Lipinski definition) is 2. The van der Waals surface area contributed by atoms with E-state index in [-0.39, 0.29) is 6.61 Å². The Hall–Kier alpha value is -0.340. The van der Waals surface area contributed by atoms with Gasteiger partial charge in [-0.1, -0.05) is 12.2 Å². The molecule has 1 fully saturated rings. The van der Waals surface area contributed by atoms with Crippen LogP contribution in [0.4, 0.5) is 0 Å². The quantitative estimate of drug-likeness (QED) is 0.613. The monoisotopic (exact) mass is 154 g/mol. The summed E-state index contributed by atoms with van der Waals surface area (Å²) in [6, 6.07) is 0. The number of aliphatic hydroxyl groups excluding tert-OH is 1. The zero-order valence-corrected chi connectivity index (χ0v) is 6.57. The van der Waals surface area contributed by atoms with E-state index in [1.54, 1.807) is 0 Å². The molecule has 0 aromatic rings. The van der Waals surface area contributed by atoms with Crippen LogP contribution in [0, 0.1) is 11.8 Å². The molecule has 11 heavy (non-hydrogen) atoms. The molecule has 2 heteroatoms. The SMILES string of the molecule is OCCOC1CC2C=CC1C2. The van der Waals surface area contributed by atoms with Crippen molar-refractivity contribution in [2.75, 3.05) is 13.2 Å². The zero-order chi connectivity index (χ0) is 7.68. The first-order chi connectivity index (χ1) is 5.40. The molecule has 1 saturated carbocycles. The van der Waals surface area contributed by atoms with Gasteiger partial charge in [0.05, 0.1) is 19.3 Å². The van der Waals surface area contributed by atoms with Crippen LogP contribution in [-0.4, -0.2) is 24.4 Å². The number of fused-ring (bicyclic) bond motifs is 2. The fraction of sp³-hybridized carbons (Fsp3) is 0.778. The molecule has 0 heterocycles. The van der Waals surface area contributed by atoms with Crippen molar-refractivity contribution < 1.29 is 9.84 Å². The molecule has 0 spiro atoms. The predicted molar refractivity (Wildman–Crippen MR) is 42.2 cm³/mol. The predicted octanol–water partition coefficient (Wildman–Crippen LogP) is 0.960. The number of allylic oxidation sites excluding steroid dienone is 1. The molecule has 0 amide bonds. The average Bonchev–Trinajstić information content (AvgIpc) is 2.60. The van der Waals surface area contributed by atoms with Gasteiger partial charge in [-0.2, -0.15) is 0 Å². The third kappa shape index (κ3) is 1.33. The Kier molecular flexibility index (Phi) is 1.96. The van der Waals surface area contributed by atoms with Gasteiger partial charge in [-0.15, -0.1) is 0 Å². The van der Waals surface area contributed by atoms with Gasteiger partial charge in [0.2, 0.25) is 0 Å². The Balaban J connectivity index is 1.84. The molecule has 0 aromatic heterocycles. The van der Waals surface area contributed by atoms with Gasteiger partial charge in [-0.25, -0.2) is 0 Å². The lowest BCUT2D eigenvalue weighted by Gasteiger charge is -2.17. The maximum absolute atomic E-state index is 8.55. The Morgan fingerprint density at radius 1 is 1.36 bits per heavy atom. The summed E-state index contributed by atoms with van der Waals surface area (Å²) in [6.45, 7) is 0.652. The second kappa shape index (κ2) is 2.95. The van der Waals surface area contributed by atoms with Crippen LogP contribution in [0.15, 0.2) is 12.2 Å². The van der Waals surface area contributed by atoms with Crippen LogP contribution in [0.1, 0.15) is 12.8 Å². The van der Waals surface area contributed by atoms with E-state index in [9.17, 15) is 0 Å². The van der Waals surface area contributed by atoms with Gasteiger partial charge < -0.3 is 9.84 Å². The Bertz CT molecular complexity index is 165. The summed E-state index contributed by atoms with van der Waals surface area (Å²) in [7, 11) is 0. The van der Waals surface area contributed by atoms with Crippen molar-refractivity contribution >= 4 is 0 Å². The van der Waals surface area contributed by atoms with E-state index in [1.807, 2.05) is 0 Å². The smallest absolute Gasteiger partial charge is 0.0701 e. The molecule has 2 bridgehead atoms. The zero-order valence-electron chi connectivity index (χ0n) is 6.57. The first kappa shape index (κ1) is 7.32. The van der Waals surface area contributed by atoms with Crippen LogP contribution in [0.2, 0.25) is 0 Å². The molecule has 3 atom stereocenters. The summed E-state index contributed by atoms with van der Waals surface area (Å²) in [5.41, 5.74) is 0. The van der Waals surface area contributed by atoms with Crippen LogP contribution in [-0.2, 0) is 4.74 Å². The van der Waals surface area contributed by atoms with Crippen molar-refractivity contribution in [3.8, 4) is 0 Å². The molecule has 3 unspecified atom stereocenters. The molecule has 0 saturated heterocycles. The van der Waals surface area contributed by atoms with Gasteiger partial charge in [-0.3, -0.25) is 0 Å². The maximum atomic E-state index is 8.55. The summed E-state index contributed by atoms with van der Waals surface area (Å²) < 4.78 is 5.48. The molecule has 0 radical (unpaired) electrons. The number of hydrogen-bond donors (Lipinski definition) is 1. The highest BCUT2D eigenvalue weighted by Crippen LogP contribution is 2.40. The molecule has 2 rings (SSSR count). The molecule has 0 aliphatic heterocycles. The molecule has 2 aliphatic carbocycles. The standard InChI is InChI=1S/C9H14O2/c10-3-4-11-9-6-7-1-2-8(9)5-7/h1-2,7-10H,3-6H2. The van der Waals surface area contributed by atoms with E-state index >= 15 is 0 Å². The lowest BCUT2D eigenvalue weighted by atomic mass is 10.1. The van der Waals surface area contributed by atoms with Crippen LogP contribution in [0.5, 0.6) is 0 Å². The van der Waals surface area contributed by atoms with Gasteiger partial charge >= 0.3 is 0 Å². The fourth-order valence-electron chi connectivity index (χ4n) is 2.13. The second-order valence-electron chi connectivity index (χ2n) is 3.41. The maximum Gasteiger partial charge on any atom is 0.0701 e. The Morgan fingerprint density at radius 2 is 2.27 bits per heavy atom. The van der Waals surface area contributed by atoms with Crippen LogP contribution < -0.4 is 0 Å². The van der Waals surface area contributed by atoms with E-state index < -0.39 is 0 Å². The highest BCUT2D eigenvalue weighted by molar-refractivity contribution is 5.10. The van der Waals surface area contributed by atoms with Crippen molar-refractivity contribution in [3.63, 3.8) is 0 Å². The summed E-state index contributed by atoms with van der Waals surface area (Å²) in [6.07, 6.45) is 7.40. The summed E-state index contributed by atoms with van der Waals surface area (Å²) in [5.74, 6) is 1.41. The summed E-state index contributed by atoms with van der Waals surface area (Å²) in [4.78, 5) is 0. The minimum atomic E-state index is 0.150. The van der Waals surface area contributed by atoms with Gasteiger partial charge in [-0.05, 0) is 18.8 Å². The van der Waals surface area contributed by atoms with Crippen LogP contribution >= 0.6 is 0 Å².